The number of hydrogen-bond acceptors (Lipinski definition) is 4. The maximum atomic E-state index is 12.3. The Morgan fingerprint density at radius 3 is 3.00 bits per heavy atom. The van der Waals surface area contributed by atoms with Gasteiger partial charge in [-0.05, 0) is 50.8 Å². The lowest BCUT2D eigenvalue weighted by molar-refractivity contribution is -0.131. The Labute approximate surface area is 125 Å². The van der Waals surface area contributed by atoms with Gasteiger partial charge in [0.1, 0.15) is 0 Å². The van der Waals surface area contributed by atoms with Gasteiger partial charge in [-0.3, -0.25) is 9.69 Å². The van der Waals surface area contributed by atoms with Gasteiger partial charge in [-0.1, -0.05) is 6.07 Å². The smallest absolute Gasteiger partial charge is 0.236 e. The molecule has 1 saturated heterocycles. The van der Waals surface area contributed by atoms with E-state index in [1.165, 1.54) is 17.7 Å². The monoisotopic (exact) mass is 295 g/mol. The molecule has 0 radical (unpaired) electrons. The number of carbonyl (C=O) groups is 1. The van der Waals surface area contributed by atoms with E-state index in [0.717, 1.165) is 26.1 Å². The van der Waals surface area contributed by atoms with Gasteiger partial charge in [0, 0.05) is 18.0 Å². The molecule has 1 unspecified atom stereocenters. The third-order valence-corrected chi connectivity index (χ3v) is 4.81. The predicted molar refractivity (Wildman–Crippen MR) is 83.9 cm³/mol. The van der Waals surface area contributed by atoms with Crippen LogP contribution in [0, 0.1) is 0 Å². The van der Waals surface area contributed by atoms with E-state index in [1.54, 1.807) is 11.3 Å². The quantitative estimate of drug-likeness (QED) is 0.899. The Morgan fingerprint density at radius 2 is 2.25 bits per heavy atom. The van der Waals surface area contributed by atoms with E-state index in [-0.39, 0.29) is 5.91 Å². The minimum Gasteiger partial charge on any atom is -0.340 e. The van der Waals surface area contributed by atoms with Crippen molar-refractivity contribution in [1.29, 1.82) is 0 Å². The molecule has 1 aliphatic heterocycles. The van der Waals surface area contributed by atoms with Gasteiger partial charge in [0.2, 0.25) is 5.91 Å². The molecule has 1 aromatic rings. The summed E-state index contributed by atoms with van der Waals surface area (Å²) in [4.78, 5) is 17.6. The Balaban J connectivity index is 1.80. The normalized spacial score (nSPS) is 19.9. The van der Waals surface area contributed by atoms with E-state index >= 15 is 0 Å². The summed E-state index contributed by atoms with van der Waals surface area (Å²) in [6.07, 6.45) is 3.53. The van der Waals surface area contributed by atoms with E-state index in [2.05, 4.69) is 28.7 Å². The highest BCUT2D eigenvalue weighted by atomic mass is 32.1. The van der Waals surface area contributed by atoms with Crippen LogP contribution < -0.4 is 5.32 Å². The largest absolute Gasteiger partial charge is 0.340 e. The summed E-state index contributed by atoms with van der Waals surface area (Å²) in [6.45, 7) is 3.41. The minimum absolute atomic E-state index is 0.207. The fraction of sp³-hybridized carbons (Fsp3) is 0.667. The zero-order chi connectivity index (χ0) is 14.4. The molecule has 0 saturated carbocycles. The molecule has 0 aromatic carbocycles. The van der Waals surface area contributed by atoms with Crippen LogP contribution in [-0.4, -0.2) is 55.5 Å². The molecule has 112 valence electrons. The maximum Gasteiger partial charge on any atom is 0.236 e. The van der Waals surface area contributed by atoms with Crippen molar-refractivity contribution >= 4 is 17.2 Å². The molecule has 1 N–H and O–H groups in total. The van der Waals surface area contributed by atoms with Crippen molar-refractivity contribution in [1.82, 2.24) is 15.1 Å². The molecular formula is C15H25N3OS. The van der Waals surface area contributed by atoms with Crippen LogP contribution >= 0.6 is 11.3 Å². The molecule has 0 bridgehead atoms. The lowest BCUT2D eigenvalue weighted by atomic mass is 10.1. The van der Waals surface area contributed by atoms with Gasteiger partial charge in [-0.15, -0.1) is 11.3 Å². The number of nitrogens with one attached hydrogen (secondary N) is 1. The average molecular weight is 295 g/mol. The van der Waals surface area contributed by atoms with Crippen molar-refractivity contribution in [3.05, 3.63) is 22.4 Å². The topological polar surface area (TPSA) is 35.6 Å². The molecule has 1 amide bonds. The first-order chi connectivity index (χ1) is 9.66. The van der Waals surface area contributed by atoms with Gasteiger partial charge in [0.15, 0.2) is 0 Å². The van der Waals surface area contributed by atoms with Gasteiger partial charge >= 0.3 is 0 Å². The second-order valence-electron chi connectivity index (χ2n) is 5.58. The predicted octanol–water partition coefficient (Wildman–Crippen LogP) is 1.78. The van der Waals surface area contributed by atoms with Crippen LogP contribution in [0.1, 0.15) is 24.1 Å². The lowest BCUT2D eigenvalue weighted by Gasteiger charge is -2.28. The molecule has 1 aromatic heterocycles. The van der Waals surface area contributed by atoms with Crippen LogP contribution in [0.5, 0.6) is 0 Å². The van der Waals surface area contributed by atoms with Crippen molar-refractivity contribution in [3.63, 3.8) is 0 Å². The molecule has 4 nitrogen and oxygen atoms in total. The number of carbonyl (C=O) groups excluding carboxylic acids is 1. The van der Waals surface area contributed by atoms with Gasteiger partial charge in [0.25, 0.3) is 0 Å². The van der Waals surface area contributed by atoms with Gasteiger partial charge in [-0.25, -0.2) is 0 Å². The van der Waals surface area contributed by atoms with Crippen LogP contribution in [0.2, 0.25) is 0 Å². The summed E-state index contributed by atoms with van der Waals surface area (Å²) in [6, 6.07) is 4.64. The van der Waals surface area contributed by atoms with Crippen molar-refractivity contribution in [2.24, 2.45) is 0 Å². The number of likely N-dealkylation sites (N-methyl/N-ethyl adjacent to an activating group) is 2. The first-order valence-corrected chi connectivity index (χ1v) is 8.22. The molecule has 2 rings (SSSR count). The van der Waals surface area contributed by atoms with Gasteiger partial charge in [-0.2, -0.15) is 0 Å². The summed E-state index contributed by atoms with van der Waals surface area (Å²) >= 11 is 1.70. The van der Waals surface area contributed by atoms with Gasteiger partial charge < -0.3 is 10.2 Å². The highest BCUT2D eigenvalue weighted by molar-refractivity contribution is 7.09. The zero-order valence-corrected chi connectivity index (χ0v) is 13.3. The van der Waals surface area contributed by atoms with Crippen molar-refractivity contribution < 1.29 is 4.79 Å². The summed E-state index contributed by atoms with van der Waals surface area (Å²) < 4.78 is 0. The van der Waals surface area contributed by atoms with E-state index in [4.69, 9.17) is 0 Å². The number of nitrogens with zero attached hydrogens (tertiary/aromatic N) is 2. The lowest BCUT2D eigenvalue weighted by Crippen LogP contribution is -2.41. The first kappa shape index (κ1) is 15.5. The molecule has 1 fully saturated rings. The van der Waals surface area contributed by atoms with Crippen LogP contribution in [0.25, 0.3) is 0 Å². The summed E-state index contributed by atoms with van der Waals surface area (Å²) in [5, 5.41) is 5.47. The third-order valence-electron chi connectivity index (χ3n) is 3.95. The standard InChI is InChI=1S/C15H25N3OS/c1-17(13-5-3-8-16-9-7-13)12-15(19)18(2)11-14-6-4-10-20-14/h4,6,10,13,16H,3,5,7-9,11-12H2,1-2H3. The Morgan fingerprint density at radius 1 is 1.40 bits per heavy atom. The SMILES string of the molecule is CN(Cc1cccs1)C(=O)CN(C)C1CCCNCC1. The molecule has 0 spiro atoms. The van der Waals surface area contributed by atoms with E-state index < -0.39 is 0 Å². The van der Waals surface area contributed by atoms with Crippen molar-refractivity contribution in [2.45, 2.75) is 31.8 Å². The van der Waals surface area contributed by atoms with E-state index in [1.807, 2.05) is 18.0 Å². The van der Waals surface area contributed by atoms with Crippen LogP contribution in [0.4, 0.5) is 0 Å². The van der Waals surface area contributed by atoms with Crippen LogP contribution in [0.3, 0.4) is 0 Å². The maximum absolute atomic E-state index is 12.3. The molecule has 2 heterocycles. The number of hydrogen-bond donors (Lipinski definition) is 1. The summed E-state index contributed by atoms with van der Waals surface area (Å²) in [5.41, 5.74) is 0. The van der Waals surface area contributed by atoms with Crippen molar-refractivity contribution in [3.8, 4) is 0 Å². The van der Waals surface area contributed by atoms with E-state index in [0.29, 0.717) is 12.6 Å². The number of rotatable bonds is 5. The second kappa shape index (κ2) is 7.76. The molecule has 1 atom stereocenters. The second-order valence-corrected chi connectivity index (χ2v) is 6.61. The van der Waals surface area contributed by atoms with Crippen molar-refractivity contribution in [2.75, 3.05) is 33.7 Å². The molecular weight excluding hydrogens is 270 g/mol. The van der Waals surface area contributed by atoms with Crippen LogP contribution in [0.15, 0.2) is 17.5 Å². The number of thiophene rings is 1. The highest BCUT2D eigenvalue weighted by Crippen LogP contribution is 2.13. The minimum atomic E-state index is 0.207. The Kier molecular flexibility index (Phi) is 6.01. The molecule has 0 aliphatic carbocycles. The first-order valence-electron chi connectivity index (χ1n) is 7.34. The fourth-order valence-electron chi connectivity index (χ4n) is 2.63. The summed E-state index contributed by atoms with van der Waals surface area (Å²) in [7, 11) is 3.97. The van der Waals surface area contributed by atoms with Gasteiger partial charge in [0.05, 0.1) is 13.1 Å². The molecule has 5 heteroatoms. The Hall–Kier alpha value is -0.910. The molecule has 20 heavy (non-hydrogen) atoms. The average Bonchev–Trinajstić information content (AvgIpc) is 2.78. The fourth-order valence-corrected chi connectivity index (χ4v) is 3.39. The molecule has 1 aliphatic rings. The highest BCUT2D eigenvalue weighted by Gasteiger charge is 2.20. The number of amides is 1. The Bertz CT molecular complexity index is 399. The zero-order valence-electron chi connectivity index (χ0n) is 12.5. The summed E-state index contributed by atoms with van der Waals surface area (Å²) in [5.74, 6) is 0.207. The van der Waals surface area contributed by atoms with Crippen LogP contribution in [-0.2, 0) is 11.3 Å². The third kappa shape index (κ3) is 4.58. The van der Waals surface area contributed by atoms with E-state index in [9.17, 15) is 4.79 Å².